The lowest BCUT2D eigenvalue weighted by Gasteiger charge is -2.44. The van der Waals surface area contributed by atoms with Gasteiger partial charge in [0.2, 0.25) is 0 Å². The van der Waals surface area contributed by atoms with Crippen LogP contribution >= 0.6 is 0 Å². The van der Waals surface area contributed by atoms with Gasteiger partial charge in [-0.1, -0.05) is 51.9 Å². The molecular formula is C17H33NO2. The quantitative estimate of drug-likeness (QED) is 0.702. The minimum Gasteiger partial charge on any atom is -0.394 e. The molecule has 3 nitrogen and oxygen atoms in total. The van der Waals surface area contributed by atoms with E-state index < -0.39 is 5.54 Å². The van der Waals surface area contributed by atoms with Gasteiger partial charge < -0.3 is 15.5 Å². The Labute approximate surface area is 124 Å². The fourth-order valence-electron chi connectivity index (χ4n) is 4.33. The van der Waals surface area contributed by atoms with Crippen molar-refractivity contribution < 1.29 is 10.2 Å². The summed E-state index contributed by atoms with van der Waals surface area (Å²) in [6.45, 7) is 2.12. The van der Waals surface area contributed by atoms with Gasteiger partial charge in [0.25, 0.3) is 0 Å². The number of hydrogen-bond acceptors (Lipinski definition) is 3. The van der Waals surface area contributed by atoms with Crippen molar-refractivity contribution in [1.29, 1.82) is 0 Å². The Hall–Kier alpha value is -0.120. The number of aliphatic hydroxyl groups is 2. The van der Waals surface area contributed by atoms with E-state index >= 15 is 0 Å². The first-order chi connectivity index (χ1) is 9.74. The Bertz CT molecular complexity index is 264. The van der Waals surface area contributed by atoms with Crippen LogP contribution in [0.2, 0.25) is 0 Å². The van der Waals surface area contributed by atoms with Crippen molar-refractivity contribution in [1.82, 2.24) is 5.32 Å². The predicted molar refractivity (Wildman–Crippen MR) is 82.7 cm³/mol. The van der Waals surface area contributed by atoms with Crippen LogP contribution in [0.15, 0.2) is 0 Å². The van der Waals surface area contributed by atoms with Crippen molar-refractivity contribution >= 4 is 0 Å². The predicted octanol–water partition coefficient (Wildman–Crippen LogP) is 2.85. The molecular weight excluding hydrogens is 250 g/mol. The van der Waals surface area contributed by atoms with Crippen molar-refractivity contribution in [3.8, 4) is 0 Å². The third-order valence-corrected chi connectivity index (χ3v) is 5.85. The van der Waals surface area contributed by atoms with Gasteiger partial charge in [0, 0.05) is 6.04 Å². The molecule has 2 aliphatic carbocycles. The number of hydrogen-bond donors (Lipinski definition) is 3. The van der Waals surface area contributed by atoms with Gasteiger partial charge in [-0.2, -0.15) is 0 Å². The summed E-state index contributed by atoms with van der Waals surface area (Å²) in [5.74, 6) is 1.63. The van der Waals surface area contributed by atoms with E-state index in [0.717, 1.165) is 18.3 Å². The Balaban J connectivity index is 2.02. The van der Waals surface area contributed by atoms with Gasteiger partial charge in [0.1, 0.15) is 0 Å². The SMILES string of the molecule is CCC(CO)(CO)NC1CCCCC1C1CCCCC1. The highest BCUT2D eigenvalue weighted by atomic mass is 16.3. The summed E-state index contributed by atoms with van der Waals surface area (Å²) in [5, 5.41) is 23.0. The minimum absolute atomic E-state index is 0.0356. The minimum atomic E-state index is -0.477. The van der Waals surface area contributed by atoms with Gasteiger partial charge in [0.15, 0.2) is 0 Å². The van der Waals surface area contributed by atoms with Crippen LogP contribution in [0, 0.1) is 11.8 Å². The van der Waals surface area contributed by atoms with E-state index in [4.69, 9.17) is 0 Å². The van der Waals surface area contributed by atoms with E-state index in [0.29, 0.717) is 6.04 Å². The molecule has 0 aliphatic heterocycles. The molecule has 3 heteroatoms. The summed E-state index contributed by atoms with van der Waals surface area (Å²) in [4.78, 5) is 0. The van der Waals surface area contributed by atoms with Crippen LogP contribution in [-0.2, 0) is 0 Å². The summed E-state index contributed by atoms with van der Waals surface area (Å²) in [5.41, 5.74) is -0.477. The monoisotopic (exact) mass is 283 g/mol. The number of aliphatic hydroxyl groups excluding tert-OH is 2. The molecule has 0 amide bonds. The molecule has 2 atom stereocenters. The zero-order chi connectivity index (χ0) is 14.4. The topological polar surface area (TPSA) is 52.5 Å². The summed E-state index contributed by atoms with van der Waals surface area (Å²) in [7, 11) is 0. The Kier molecular flexibility index (Phi) is 6.31. The molecule has 2 unspecified atom stereocenters. The maximum absolute atomic E-state index is 9.68. The second kappa shape index (κ2) is 7.77. The van der Waals surface area contributed by atoms with E-state index in [-0.39, 0.29) is 13.2 Å². The van der Waals surface area contributed by atoms with Crippen LogP contribution in [0.3, 0.4) is 0 Å². The van der Waals surface area contributed by atoms with E-state index in [9.17, 15) is 10.2 Å². The molecule has 0 radical (unpaired) electrons. The van der Waals surface area contributed by atoms with Gasteiger partial charge in [0.05, 0.1) is 18.8 Å². The molecule has 0 saturated heterocycles. The lowest BCUT2D eigenvalue weighted by molar-refractivity contribution is 0.0480. The molecule has 20 heavy (non-hydrogen) atoms. The molecule has 2 rings (SSSR count). The first kappa shape index (κ1) is 16.3. The van der Waals surface area contributed by atoms with Crippen molar-refractivity contribution in [2.75, 3.05) is 13.2 Å². The van der Waals surface area contributed by atoms with Crippen LogP contribution in [0.1, 0.15) is 71.1 Å². The van der Waals surface area contributed by atoms with Crippen LogP contribution < -0.4 is 5.32 Å². The third kappa shape index (κ3) is 3.75. The fourth-order valence-corrected chi connectivity index (χ4v) is 4.33. The standard InChI is InChI=1S/C17H33NO2/c1-2-17(12-19,13-20)18-16-11-7-6-10-15(16)14-8-4-3-5-9-14/h14-16,18-20H,2-13H2,1H3. The second-order valence-electron chi connectivity index (χ2n) is 7.05. The average Bonchev–Trinajstić information content (AvgIpc) is 2.54. The van der Waals surface area contributed by atoms with E-state index in [1.54, 1.807) is 0 Å². The summed E-state index contributed by atoms with van der Waals surface area (Å²) >= 11 is 0. The lowest BCUT2D eigenvalue weighted by Crippen LogP contribution is -2.58. The van der Waals surface area contributed by atoms with Crippen molar-refractivity contribution in [3.63, 3.8) is 0 Å². The van der Waals surface area contributed by atoms with Crippen LogP contribution in [0.5, 0.6) is 0 Å². The molecule has 0 aromatic heterocycles. The van der Waals surface area contributed by atoms with Crippen molar-refractivity contribution in [3.05, 3.63) is 0 Å². The summed E-state index contributed by atoms with van der Waals surface area (Å²) in [6, 6.07) is 0.492. The zero-order valence-electron chi connectivity index (χ0n) is 13.1. The Morgan fingerprint density at radius 1 is 0.900 bits per heavy atom. The first-order valence-electron chi connectivity index (χ1n) is 8.74. The molecule has 0 aromatic carbocycles. The summed E-state index contributed by atoms with van der Waals surface area (Å²) < 4.78 is 0. The van der Waals surface area contributed by atoms with Crippen LogP contribution in [0.4, 0.5) is 0 Å². The van der Waals surface area contributed by atoms with E-state index in [2.05, 4.69) is 12.2 Å². The molecule has 2 fully saturated rings. The largest absolute Gasteiger partial charge is 0.394 e. The molecule has 0 spiro atoms. The van der Waals surface area contributed by atoms with Gasteiger partial charge in [-0.05, 0) is 31.1 Å². The second-order valence-corrected chi connectivity index (χ2v) is 7.05. The van der Waals surface area contributed by atoms with E-state index in [1.807, 2.05) is 0 Å². The van der Waals surface area contributed by atoms with E-state index in [1.165, 1.54) is 57.8 Å². The molecule has 2 aliphatic rings. The molecule has 0 heterocycles. The maximum Gasteiger partial charge on any atom is 0.0647 e. The third-order valence-electron chi connectivity index (χ3n) is 5.85. The molecule has 0 bridgehead atoms. The first-order valence-corrected chi connectivity index (χ1v) is 8.74. The highest BCUT2D eigenvalue weighted by Gasteiger charge is 2.37. The summed E-state index contributed by atoms with van der Waals surface area (Å²) in [6.07, 6.45) is 13.0. The number of nitrogens with one attached hydrogen (secondary N) is 1. The zero-order valence-corrected chi connectivity index (χ0v) is 13.1. The van der Waals surface area contributed by atoms with Gasteiger partial charge >= 0.3 is 0 Å². The molecule has 0 aromatic rings. The highest BCUT2D eigenvalue weighted by molar-refractivity contribution is 4.94. The Morgan fingerprint density at radius 3 is 2.10 bits per heavy atom. The fraction of sp³-hybridized carbons (Fsp3) is 1.00. The van der Waals surface area contributed by atoms with Crippen molar-refractivity contribution in [2.24, 2.45) is 11.8 Å². The van der Waals surface area contributed by atoms with Crippen LogP contribution in [0.25, 0.3) is 0 Å². The number of rotatable bonds is 6. The molecule has 2 saturated carbocycles. The van der Waals surface area contributed by atoms with Gasteiger partial charge in [-0.3, -0.25) is 0 Å². The van der Waals surface area contributed by atoms with Crippen LogP contribution in [-0.4, -0.2) is 35.0 Å². The highest BCUT2D eigenvalue weighted by Crippen LogP contribution is 2.39. The van der Waals surface area contributed by atoms with Gasteiger partial charge in [-0.25, -0.2) is 0 Å². The molecule has 3 N–H and O–H groups in total. The normalized spacial score (nSPS) is 29.6. The average molecular weight is 283 g/mol. The lowest BCUT2D eigenvalue weighted by atomic mass is 9.70. The van der Waals surface area contributed by atoms with Gasteiger partial charge in [-0.15, -0.1) is 0 Å². The van der Waals surface area contributed by atoms with Crippen molar-refractivity contribution in [2.45, 2.75) is 82.7 Å². The molecule has 118 valence electrons. The smallest absolute Gasteiger partial charge is 0.0647 e. The maximum atomic E-state index is 9.68. The Morgan fingerprint density at radius 2 is 1.50 bits per heavy atom.